The van der Waals surface area contributed by atoms with Gasteiger partial charge in [0, 0.05) is 30.9 Å². The van der Waals surface area contributed by atoms with Crippen molar-refractivity contribution in [2.75, 3.05) is 18.4 Å². The van der Waals surface area contributed by atoms with Crippen molar-refractivity contribution in [2.45, 2.75) is 37.5 Å². The maximum Gasteiger partial charge on any atom is 0.243 e. The van der Waals surface area contributed by atoms with E-state index in [4.69, 9.17) is 0 Å². The summed E-state index contributed by atoms with van der Waals surface area (Å²) in [5.41, 5.74) is 2.05. The van der Waals surface area contributed by atoms with Crippen LogP contribution in [0.2, 0.25) is 0 Å². The van der Waals surface area contributed by atoms with Crippen LogP contribution in [0.25, 0.3) is 0 Å². The molecule has 0 bridgehead atoms. The molecule has 1 aliphatic rings. The van der Waals surface area contributed by atoms with E-state index in [-0.39, 0.29) is 10.8 Å². The summed E-state index contributed by atoms with van der Waals surface area (Å²) in [4.78, 5) is 13.5. The summed E-state index contributed by atoms with van der Waals surface area (Å²) in [6.07, 6.45) is 4.65. The van der Waals surface area contributed by atoms with Crippen molar-refractivity contribution in [3.63, 3.8) is 0 Å². The second kappa shape index (κ2) is 8.68. The molecule has 4 rings (SSSR count). The van der Waals surface area contributed by atoms with E-state index in [1.165, 1.54) is 22.5 Å². The van der Waals surface area contributed by atoms with Crippen LogP contribution in [0.5, 0.6) is 0 Å². The Morgan fingerprint density at radius 3 is 2.52 bits per heavy atom. The number of benzene rings is 1. The van der Waals surface area contributed by atoms with Crippen LogP contribution in [-0.4, -0.2) is 40.8 Å². The fourth-order valence-electron chi connectivity index (χ4n) is 3.70. The Morgan fingerprint density at radius 1 is 1.03 bits per heavy atom. The molecule has 1 saturated heterocycles. The van der Waals surface area contributed by atoms with Gasteiger partial charge in [-0.1, -0.05) is 6.07 Å². The van der Waals surface area contributed by atoms with Crippen LogP contribution in [0.15, 0.2) is 53.7 Å². The lowest BCUT2D eigenvalue weighted by atomic mass is 9.95. The number of hydrogen-bond acceptors (Lipinski definition) is 6. The first kappa shape index (κ1) is 21.3. The topological polar surface area (TPSA) is 88.1 Å². The highest BCUT2D eigenvalue weighted by Crippen LogP contribution is 2.30. The minimum Gasteiger partial charge on any atom is -0.324 e. The third kappa shape index (κ3) is 4.72. The van der Waals surface area contributed by atoms with Gasteiger partial charge in [0.1, 0.15) is 17.5 Å². The fraction of sp³-hybridized carbons (Fsp3) is 0.318. The van der Waals surface area contributed by atoms with Crippen molar-refractivity contribution in [2.24, 2.45) is 0 Å². The van der Waals surface area contributed by atoms with Crippen molar-refractivity contribution in [1.29, 1.82) is 0 Å². The molecule has 162 valence electrons. The zero-order chi connectivity index (χ0) is 22.0. The number of hydrogen-bond donors (Lipinski definition) is 1. The summed E-state index contributed by atoms with van der Waals surface area (Å²) in [5, 5.41) is 3.17. The number of sulfonamides is 1. The number of rotatable bonds is 5. The second-order valence-corrected chi connectivity index (χ2v) is 9.65. The molecule has 7 nitrogen and oxygen atoms in total. The molecule has 0 unspecified atom stereocenters. The van der Waals surface area contributed by atoms with Crippen LogP contribution in [0, 0.1) is 19.7 Å². The summed E-state index contributed by atoms with van der Waals surface area (Å²) in [7, 11) is -3.65. The lowest BCUT2D eigenvalue weighted by Crippen LogP contribution is -2.38. The second-order valence-electron chi connectivity index (χ2n) is 7.71. The first-order valence-electron chi connectivity index (χ1n) is 10.1. The van der Waals surface area contributed by atoms with Crippen LogP contribution in [0.3, 0.4) is 0 Å². The van der Waals surface area contributed by atoms with E-state index < -0.39 is 15.8 Å². The average molecular weight is 442 g/mol. The van der Waals surface area contributed by atoms with E-state index >= 15 is 0 Å². The van der Waals surface area contributed by atoms with Gasteiger partial charge in [0.2, 0.25) is 10.0 Å². The third-order valence-corrected chi connectivity index (χ3v) is 7.33. The number of nitrogens with zero attached hydrogens (tertiary/aromatic N) is 4. The molecular formula is C22H24FN5O2S. The molecule has 9 heteroatoms. The lowest BCUT2D eigenvalue weighted by Gasteiger charge is -2.31. The fourth-order valence-corrected chi connectivity index (χ4v) is 5.26. The van der Waals surface area contributed by atoms with Crippen LogP contribution in [-0.2, 0) is 10.0 Å². The number of pyridine rings is 1. The van der Waals surface area contributed by atoms with Gasteiger partial charge in [0.25, 0.3) is 0 Å². The van der Waals surface area contributed by atoms with E-state index in [9.17, 15) is 12.8 Å². The zero-order valence-electron chi connectivity index (χ0n) is 17.4. The molecule has 0 atom stereocenters. The molecule has 1 fully saturated rings. The van der Waals surface area contributed by atoms with E-state index in [0.29, 0.717) is 43.1 Å². The molecule has 1 aliphatic heterocycles. The number of nitrogens with one attached hydrogen (secondary N) is 1. The van der Waals surface area contributed by atoms with Crippen molar-refractivity contribution in [3.05, 3.63) is 71.6 Å². The molecule has 0 radical (unpaired) electrons. The predicted octanol–water partition coefficient (Wildman–Crippen LogP) is 3.94. The summed E-state index contributed by atoms with van der Waals surface area (Å²) >= 11 is 0. The summed E-state index contributed by atoms with van der Waals surface area (Å²) in [5.74, 6) is 1.00. The lowest BCUT2D eigenvalue weighted by molar-refractivity contribution is 0.316. The number of halogens is 1. The smallest absolute Gasteiger partial charge is 0.243 e. The van der Waals surface area contributed by atoms with Crippen molar-refractivity contribution in [1.82, 2.24) is 19.3 Å². The summed E-state index contributed by atoms with van der Waals surface area (Å²) in [6.45, 7) is 4.24. The Labute approximate surface area is 181 Å². The van der Waals surface area contributed by atoms with Gasteiger partial charge in [0.15, 0.2) is 0 Å². The highest BCUT2D eigenvalue weighted by Gasteiger charge is 2.31. The van der Waals surface area contributed by atoms with E-state index in [2.05, 4.69) is 20.3 Å². The van der Waals surface area contributed by atoms with E-state index in [1.807, 2.05) is 25.1 Å². The Bertz CT molecular complexity index is 1190. The molecule has 3 heterocycles. The number of piperidine rings is 1. The van der Waals surface area contributed by atoms with Crippen molar-refractivity contribution >= 4 is 21.7 Å². The predicted molar refractivity (Wildman–Crippen MR) is 116 cm³/mol. The maximum absolute atomic E-state index is 13.5. The molecule has 0 saturated carbocycles. The molecule has 2 aromatic heterocycles. The highest BCUT2D eigenvalue weighted by molar-refractivity contribution is 7.89. The van der Waals surface area contributed by atoms with Gasteiger partial charge in [-0.3, -0.25) is 4.98 Å². The minimum absolute atomic E-state index is 0.112. The first-order chi connectivity index (χ1) is 14.8. The molecule has 0 spiro atoms. The Morgan fingerprint density at radius 2 is 1.81 bits per heavy atom. The van der Waals surface area contributed by atoms with Crippen LogP contribution >= 0.6 is 0 Å². The molecule has 1 aromatic carbocycles. The van der Waals surface area contributed by atoms with Gasteiger partial charge >= 0.3 is 0 Å². The van der Waals surface area contributed by atoms with Gasteiger partial charge < -0.3 is 5.32 Å². The molecule has 1 N–H and O–H groups in total. The van der Waals surface area contributed by atoms with E-state index in [0.717, 1.165) is 11.4 Å². The molecule has 0 amide bonds. The molecular weight excluding hydrogens is 417 g/mol. The van der Waals surface area contributed by atoms with Crippen LogP contribution in [0.1, 0.15) is 35.7 Å². The van der Waals surface area contributed by atoms with Crippen molar-refractivity contribution < 1.29 is 12.8 Å². The molecule has 31 heavy (non-hydrogen) atoms. The van der Waals surface area contributed by atoms with Gasteiger partial charge in [-0.05, 0) is 62.6 Å². The standard InChI is InChI=1S/C22H24FN5O2S/c1-15-12-18(6-7-19(15)23)31(29,30)28-10-8-17(9-11-28)20-13-24-14-22(26-20)27-21-5-3-4-16(2)25-21/h3-7,12-14,17H,8-11H2,1-2H3,(H,25,26,27). The van der Waals surface area contributed by atoms with Crippen molar-refractivity contribution in [3.8, 4) is 0 Å². The number of anilines is 2. The summed E-state index contributed by atoms with van der Waals surface area (Å²) in [6, 6.07) is 9.61. The monoisotopic (exact) mass is 441 g/mol. The largest absolute Gasteiger partial charge is 0.324 e. The number of aromatic nitrogens is 3. The number of aryl methyl sites for hydroxylation is 2. The Balaban J connectivity index is 1.44. The SMILES string of the molecule is Cc1cccc(Nc2cncc(C3CCN(S(=O)(=O)c4ccc(F)c(C)c4)CC3)n2)n1. The molecule has 0 aliphatic carbocycles. The zero-order valence-corrected chi connectivity index (χ0v) is 18.2. The Kier molecular flexibility index (Phi) is 5.97. The third-order valence-electron chi connectivity index (χ3n) is 5.44. The highest BCUT2D eigenvalue weighted by atomic mass is 32.2. The van der Waals surface area contributed by atoms with Gasteiger partial charge in [0.05, 0.1) is 16.8 Å². The maximum atomic E-state index is 13.5. The van der Waals surface area contributed by atoms with E-state index in [1.54, 1.807) is 19.3 Å². The van der Waals surface area contributed by atoms with Gasteiger partial charge in [-0.25, -0.2) is 22.8 Å². The Hall–Kier alpha value is -2.91. The normalized spacial score (nSPS) is 15.7. The summed E-state index contributed by atoms with van der Waals surface area (Å²) < 4.78 is 40.9. The van der Waals surface area contributed by atoms with Crippen LogP contribution < -0.4 is 5.32 Å². The minimum atomic E-state index is -3.65. The average Bonchev–Trinajstić information content (AvgIpc) is 2.76. The van der Waals surface area contributed by atoms with Gasteiger partial charge in [-0.15, -0.1) is 0 Å². The van der Waals surface area contributed by atoms with Gasteiger partial charge in [-0.2, -0.15) is 4.31 Å². The first-order valence-corrected chi connectivity index (χ1v) is 11.6. The molecule has 3 aromatic rings. The van der Waals surface area contributed by atoms with Crippen LogP contribution in [0.4, 0.5) is 16.0 Å². The quantitative estimate of drug-likeness (QED) is 0.645.